The molecular formula is C14H28N2O. The van der Waals surface area contributed by atoms with Crippen molar-refractivity contribution in [1.82, 2.24) is 4.90 Å². The Kier molecular flexibility index (Phi) is 4.99. The summed E-state index contributed by atoms with van der Waals surface area (Å²) in [6.45, 7) is 10.1. The Balaban J connectivity index is 2.49. The van der Waals surface area contributed by atoms with Crippen LogP contribution >= 0.6 is 0 Å². The van der Waals surface area contributed by atoms with Crippen LogP contribution in [-0.2, 0) is 4.79 Å². The van der Waals surface area contributed by atoms with Crippen molar-refractivity contribution < 1.29 is 4.79 Å². The van der Waals surface area contributed by atoms with Gasteiger partial charge in [-0.25, -0.2) is 0 Å². The molecule has 1 heterocycles. The van der Waals surface area contributed by atoms with Crippen molar-refractivity contribution in [1.29, 1.82) is 0 Å². The van der Waals surface area contributed by atoms with Gasteiger partial charge in [0, 0.05) is 19.0 Å². The maximum atomic E-state index is 12.3. The van der Waals surface area contributed by atoms with Crippen molar-refractivity contribution >= 4 is 5.91 Å². The van der Waals surface area contributed by atoms with Gasteiger partial charge < -0.3 is 10.6 Å². The van der Waals surface area contributed by atoms with Gasteiger partial charge >= 0.3 is 0 Å². The molecule has 3 heteroatoms. The van der Waals surface area contributed by atoms with Crippen LogP contribution in [0.25, 0.3) is 0 Å². The van der Waals surface area contributed by atoms with Crippen molar-refractivity contribution in [2.75, 3.05) is 13.1 Å². The van der Waals surface area contributed by atoms with Crippen LogP contribution < -0.4 is 5.73 Å². The maximum absolute atomic E-state index is 12.3. The second-order valence-corrected chi connectivity index (χ2v) is 5.86. The summed E-state index contributed by atoms with van der Waals surface area (Å²) < 4.78 is 0. The Morgan fingerprint density at radius 3 is 2.06 bits per heavy atom. The highest BCUT2D eigenvalue weighted by Crippen LogP contribution is 2.29. The van der Waals surface area contributed by atoms with E-state index in [1.54, 1.807) is 0 Å². The molecule has 100 valence electrons. The van der Waals surface area contributed by atoms with Crippen molar-refractivity contribution in [3.8, 4) is 0 Å². The SMILES string of the molecule is CCCC(CCC)C(=O)N1CC(N)(C(C)C)C1. The molecule has 17 heavy (non-hydrogen) atoms. The molecule has 0 radical (unpaired) electrons. The zero-order valence-corrected chi connectivity index (χ0v) is 11.8. The first-order valence-electron chi connectivity index (χ1n) is 7.02. The molecule has 1 aliphatic heterocycles. The Bertz CT molecular complexity index is 251. The Morgan fingerprint density at radius 1 is 1.24 bits per heavy atom. The van der Waals surface area contributed by atoms with Gasteiger partial charge in [0.05, 0.1) is 5.54 Å². The van der Waals surface area contributed by atoms with Gasteiger partial charge in [-0.05, 0) is 18.8 Å². The highest BCUT2D eigenvalue weighted by Gasteiger charge is 2.45. The molecule has 0 aliphatic carbocycles. The standard InChI is InChI=1S/C14H28N2O/c1-5-7-12(8-6-2)13(17)16-9-14(15,10-16)11(3)4/h11-12H,5-10,15H2,1-4H3. The molecule has 1 rings (SSSR count). The van der Waals surface area contributed by atoms with E-state index in [2.05, 4.69) is 27.7 Å². The molecule has 1 fully saturated rings. The summed E-state index contributed by atoms with van der Waals surface area (Å²) in [5, 5.41) is 0. The summed E-state index contributed by atoms with van der Waals surface area (Å²) in [7, 11) is 0. The smallest absolute Gasteiger partial charge is 0.225 e. The number of hydrogen-bond donors (Lipinski definition) is 1. The number of likely N-dealkylation sites (tertiary alicyclic amines) is 1. The summed E-state index contributed by atoms with van der Waals surface area (Å²) in [6, 6.07) is 0. The fourth-order valence-electron chi connectivity index (χ4n) is 2.53. The highest BCUT2D eigenvalue weighted by atomic mass is 16.2. The van der Waals surface area contributed by atoms with Gasteiger partial charge in [0.1, 0.15) is 0 Å². The van der Waals surface area contributed by atoms with Crippen molar-refractivity contribution in [2.24, 2.45) is 17.6 Å². The number of nitrogens with zero attached hydrogens (tertiary/aromatic N) is 1. The molecule has 0 aromatic heterocycles. The molecule has 0 atom stereocenters. The Morgan fingerprint density at radius 2 is 1.71 bits per heavy atom. The van der Waals surface area contributed by atoms with Gasteiger partial charge in [-0.3, -0.25) is 4.79 Å². The summed E-state index contributed by atoms with van der Waals surface area (Å²) in [6.07, 6.45) is 4.20. The summed E-state index contributed by atoms with van der Waals surface area (Å²) in [4.78, 5) is 14.2. The van der Waals surface area contributed by atoms with Crippen LogP contribution in [0.2, 0.25) is 0 Å². The lowest BCUT2D eigenvalue weighted by Gasteiger charge is -2.51. The van der Waals surface area contributed by atoms with E-state index >= 15 is 0 Å². The predicted molar refractivity (Wildman–Crippen MR) is 71.6 cm³/mol. The molecular weight excluding hydrogens is 212 g/mol. The summed E-state index contributed by atoms with van der Waals surface area (Å²) in [5.41, 5.74) is 6.09. The third-order valence-electron chi connectivity index (χ3n) is 4.06. The minimum absolute atomic E-state index is 0.140. The number of carbonyl (C=O) groups excluding carboxylic acids is 1. The molecule has 0 unspecified atom stereocenters. The lowest BCUT2D eigenvalue weighted by molar-refractivity contribution is -0.145. The fraction of sp³-hybridized carbons (Fsp3) is 0.929. The van der Waals surface area contributed by atoms with Gasteiger partial charge in [0.25, 0.3) is 0 Å². The van der Waals surface area contributed by atoms with Gasteiger partial charge in [-0.15, -0.1) is 0 Å². The molecule has 0 aromatic carbocycles. The predicted octanol–water partition coefficient (Wildman–Crippen LogP) is 2.40. The van der Waals surface area contributed by atoms with Crippen LogP contribution in [0, 0.1) is 11.8 Å². The normalized spacial score (nSPS) is 18.6. The van der Waals surface area contributed by atoms with E-state index in [1.165, 1.54) is 0 Å². The van der Waals surface area contributed by atoms with Crippen LogP contribution in [0.3, 0.4) is 0 Å². The maximum Gasteiger partial charge on any atom is 0.225 e. The second-order valence-electron chi connectivity index (χ2n) is 5.86. The average molecular weight is 240 g/mol. The van der Waals surface area contributed by atoms with Crippen LogP contribution in [-0.4, -0.2) is 29.4 Å². The highest BCUT2D eigenvalue weighted by molar-refractivity contribution is 5.80. The number of amides is 1. The average Bonchev–Trinajstić information content (AvgIpc) is 2.23. The summed E-state index contributed by atoms with van der Waals surface area (Å²) >= 11 is 0. The minimum Gasteiger partial charge on any atom is -0.339 e. The molecule has 0 saturated carbocycles. The topological polar surface area (TPSA) is 46.3 Å². The first-order chi connectivity index (χ1) is 7.94. The van der Waals surface area contributed by atoms with E-state index in [0.29, 0.717) is 11.8 Å². The third kappa shape index (κ3) is 3.21. The molecule has 1 saturated heterocycles. The van der Waals surface area contributed by atoms with Crippen molar-refractivity contribution in [2.45, 2.75) is 58.9 Å². The van der Waals surface area contributed by atoms with E-state index < -0.39 is 0 Å². The number of nitrogens with two attached hydrogens (primary N) is 1. The van der Waals surface area contributed by atoms with Crippen molar-refractivity contribution in [3.63, 3.8) is 0 Å². The molecule has 3 nitrogen and oxygen atoms in total. The van der Waals surface area contributed by atoms with Gasteiger partial charge in [0.2, 0.25) is 5.91 Å². The van der Waals surface area contributed by atoms with E-state index in [-0.39, 0.29) is 11.5 Å². The van der Waals surface area contributed by atoms with Gasteiger partial charge in [-0.1, -0.05) is 40.5 Å². The van der Waals surface area contributed by atoms with E-state index in [4.69, 9.17) is 5.73 Å². The van der Waals surface area contributed by atoms with Crippen LogP contribution in [0.1, 0.15) is 53.4 Å². The molecule has 0 aromatic rings. The zero-order valence-electron chi connectivity index (χ0n) is 11.8. The van der Waals surface area contributed by atoms with E-state index in [9.17, 15) is 4.79 Å². The molecule has 1 amide bonds. The third-order valence-corrected chi connectivity index (χ3v) is 4.06. The molecule has 0 spiro atoms. The monoisotopic (exact) mass is 240 g/mol. The molecule has 0 bridgehead atoms. The first kappa shape index (κ1) is 14.5. The Labute approximate surface area is 106 Å². The number of carbonyl (C=O) groups is 1. The lowest BCUT2D eigenvalue weighted by Crippen LogP contribution is -2.71. The molecule has 2 N–H and O–H groups in total. The Hall–Kier alpha value is -0.570. The van der Waals surface area contributed by atoms with Crippen LogP contribution in [0.5, 0.6) is 0 Å². The van der Waals surface area contributed by atoms with E-state index in [0.717, 1.165) is 38.8 Å². The van der Waals surface area contributed by atoms with E-state index in [1.807, 2.05) is 4.90 Å². The van der Waals surface area contributed by atoms with Crippen LogP contribution in [0.15, 0.2) is 0 Å². The fourth-order valence-corrected chi connectivity index (χ4v) is 2.53. The van der Waals surface area contributed by atoms with Crippen LogP contribution in [0.4, 0.5) is 0 Å². The zero-order chi connectivity index (χ0) is 13.1. The summed E-state index contributed by atoms with van der Waals surface area (Å²) in [5.74, 6) is 1.000. The second kappa shape index (κ2) is 5.85. The van der Waals surface area contributed by atoms with Gasteiger partial charge in [-0.2, -0.15) is 0 Å². The van der Waals surface area contributed by atoms with Gasteiger partial charge in [0.15, 0.2) is 0 Å². The molecule has 1 aliphatic rings. The first-order valence-corrected chi connectivity index (χ1v) is 7.02. The largest absolute Gasteiger partial charge is 0.339 e. The minimum atomic E-state index is -0.140. The van der Waals surface area contributed by atoms with Crippen molar-refractivity contribution in [3.05, 3.63) is 0 Å². The number of rotatable bonds is 6. The quantitative estimate of drug-likeness (QED) is 0.775. The number of hydrogen-bond acceptors (Lipinski definition) is 2. The lowest BCUT2D eigenvalue weighted by atomic mass is 9.79.